The zero-order valence-electron chi connectivity index (χ0n) is 12.5. The molecule has 3 rings (SSSR count). The molecule has 1 amide bonds. The van der Waals surface area contributed by atoms with Gasteiger partial charge in [-0.3, -0.25) is 9.78 Å². The van der Waals surface area contributed by atoms with E-state index in [1.165, 1.54) is 0 Å². The van der Waals surface area contributed by atoms with Crippen LogP contribution in [-0.2, 0) is 14.6 Å². The third-order valence-electron chi connectivity index (χ3n) is 4.45. The van der Waals surface area contributed by atoms with Crippen molar-refractivity contribution in [3.63, 3.8) is 0 Å². The highest BCUT2D eigenvalue weighted by Gasteiger charge is 2.31. The van der Waals surface area contributed by atoms with Crippen molar-refractivity contribution in [1.29, 1.82) is 0 Å². The number of hydrogen-bond acceptors (Lipinski definition) is 5. The van der Waals surface area contributed by atoms with E-state index in [4.69, 9.17) is 0 Å². The van der Waals surface area contributed by atoms with Gasteiger partial charge in [0.05, 0.1) is 11.5 Å². The Morgan fingerprint density at radius 2 is 1.86 bits per heavy atom. The monoisotopic (exact) mass is 323 g/mol. The van der Waals surface area contributed by atoms with Crippen LogP contribution in [0.5, 0.6) is 0 Å². The first-order valence-electron chi connectivity index (χ1n) is 7.67. The Morgan fingerprint density at radius 3 is 2.45 bits per heavy atom. The number of pyridine rings is 1. The van der Waals surface area contributed by atoms with E-state index >= 15 is 0 Å². The third-order valence-corrected chi connectivity index (χ3v) is 6.29. The molecule has 0 saturated carbocycles. The van der Waals surface area contributed by atoms with Crippen LogP contribution in [-0.4, -0.2) is 61.9 Å². The van der Waals surface area contributed by atoms with Gasteiger partial charge in [-0.15, -0.1) is 0 Å². The van der Waals surface area contributed by atoms with E-state index in [9.17, 15) is 13.2 Å². The molecule has 2 fully saturated rings. The van der Waals surface area contributed by atoms with Crippen molar-refractivity contribution in [3.05, 3.63) is 24.5 Å². The highest BCUT2D eigenvalue weighted by molar-refractivity contribution is 7.91. The summed E-state index contributed by atoms with van der Waals surface area (Å²) in [5, 5.41) is 0. The maximum absolute atomic E-state index is 12.3. The van der Waals surface area contributed by atoms with Gasteiger partial charge in [-0.2, -0.15) is 0 Å². The van der Waals surface area contributed by atoms with Crippen LogP contribution in [0.3, 0.4) is 0 Å². The first-order valence-corrected chi connectivity index (χ1v) is 9.49. The molecule has 2 aliphatic rings. The number of aromatic nitrogens is 1. The first-order chi connectivity index (χ1) is 10.5. The summed E-state index contributed by atoms with van der Waals surface area (Å²) in [6.45, 7) is 3.00. The van der Waals surface area contributed by atoms with Gasteiger partial charge in [0, 0.05) is 50.7 Å². The fraction of sp³-hybridized carbons (Fsp3) is 0.600. The molecule has 0 radical (unpaired) electrons. The molecule has 1 aromatic rings. The van der Waals surface area contributed by atoms with E-state index in [2.05, 4.69) is 9.88 Å². The van der Waals surface area contributed by atoms with Gasteiger partial charge in [-0.1, -0.05) is 0 Å². The molecule has 2 saturated heterocycles. The summed E-state index contributed by atoms with van der Waals surface area (Å²) >= 11 is 0. The number of carbonyl (C=O) groups excluding carboxylic acids is 1. The lowest BCUT2D eigenvalue weighted by atomic mass is 10.0. The highest BCUT2D eigenvalue weighted by Crippen LogP contribution is 2.23. The maximum Gasteiger partial charge on any atom is 0.223 e. The van der Waals surface area contributed by atoms with Gasteiger partial charge in [0.2, 0.25) is 5.91 Å². The minimum absolute atomic E-state index is 0.00993. The summed E-state index contributed by atoms with van der Waals surface area (Å²) in [7, 11) is -2.90. The van der Waals surface area contributed by atoms with Crippen molar-refractivity contribution in [3.8, 4) is 0 Å². The van der Waals surface area contributed by atoms with Crippen LogP contribution in [0, 0.1) is 5.92 Å². The molecule has 0 aromatic carbocycles. The Bertz CT molecular complexity index is 625. The van der Waals surface area contributed by atoms with Crippen LogP contribution in [0.2, 0.25) is 0 Å². The van der Waals surface area contributed by atoms with Gasteiger partial charge in [0.25, 0.3) is 0 Å². The van der Waals surface area contributed by atoms with Crippen LogP contribution in [0.15, 0.2) is 24.5 Å². The SMILES string of the molecule is O=C(CC1CCS(=O)(=O)C1)N1CCN(c2ccncc2)CC1. The molecule has 0 aliphatic carbocycles. The largest absolute Gasteiger partial charge is 0.368 e. The molecule has 0 bridgehead atoms. The molecule has 1 atom stereocenters. The van der Waals surface area contributed by atoms with Crippen LogP contribution >= 0.6 is 0 Å². The molecule has 120 valence electrons. The number of carbonyl (C=O) groups is 1. The van der Waals surface area contributed by atoms with Crippen molar-refractivity contribution in [1.82, 2.24) is 9.88 Å². The summed E-state index contributed by atoms with van der Waals surface area (Å²) in [4.78, 5) is 20.4. The van der Waals surface area contributed by atoms with Gasteiger partial charge in [0.15, 0.2) is 9.84 Å². The third kappa shape index (κ3) is 3.58. The smallest absolute Gasteiger partial charge is 0.223 e. The van der Waals surface area contributed by atoms with Crippen LogP contribution in [0.1, 0.15) is 12.8 Å². The normalized spacial score (nSPS) is 24.5. The van der Waals surface area contributed by atoms with Crippen LogP contribution in [0.4, 0.5) is 5.69 Å². The van der Waals surface area contributed by atoms with E-state index in [-0.39, 0.29) is 23.3 Å². The molecule has 1 unspecified atom stereocenters. The zero-order chi connectivity index (χ0) is 15.6. The highest BCUT2D eigenvalue weighted by atomic mass is 32.2. The zero-order valence-corrected chi connectivity index (χ0v) is 13.3. The molecular formula is C15H21N3O3S. The standard InChI is InChI=1S/C15H21N3O3S/c19-15(11-13-3-10-22(20,21)12-13)18-8-6-17(7-9-18)14-1-4-16-5-2-14/h1-2,4-5,13H,3,6-12H2. The number of sulfone groups is 1. The number of amides is 1. The lowest BCUT2D eigenvalue weighted by molar-refractivity contribution is -0.132. The fourth-order valence-electron chi connectivity index (χ4n) is 3.18. The Kier molecular flexibility index (Phi) is 4.33. The number of piperazine rings is 1. The second-order valence-corrected chi connectivity index (χ2v) is 8.28. The van der Waals surface area contributed by atoms with E-state index in [1.807, 2.05) is 17.0 Å². The average Bonchev–Trinajstić information content (AvgIpc) is 2.87. The summed E-state index contributed by atoms with van der Waals surface area (Å²) in [5.74, 6) is 0.517. The number of anilines is 1. The van der Waals surface area contributed by atoms with Crippen molar-refractivity contribution in [2.75, 3.05) is 42.6 Å². The summed E-state index contributed by atoms with van der Waals surface area (Å²) < 4.78 is 22.9. The number of rotatable bonds is 3. The predicted octanol–water partition coefficient (Wildman–Crippen LogP) is 0.555. The fourth-order valence-corrected chi connectivity index (χ4v) is 5.04. The molecule has 2 aliphatic heterocycles. The minimum Gasteiger partial charge on any atom is -0.368 e. The van der Waals surface area contributed by atoms with E-state index in [1.54, 1.807) is 12.4 Å². The second-order valence-electron chi connectivity index (χ2n) is 6.05. The molecule has 0 N–H and O–H groups in total. The van der Waals surface area contributed by atoms with Gasteiger partial charge in [-0.25, -0.2) is 8.42 Å². The molecule has 1 aromatic heterocycles. The Hall–Kier alpha value is -1.63. The number of hydrogen-bond donors (Lipinski definition) is 0. The van der Waals surface area contributed by atoms with E-state index < -0.39 is 9.84 Å². The molecule has 7 heteroatoms. The van der Waals surface area contributed by atoms with Crippen molar-refractivity contribution in [2.24, 2.45) is 5.92 Å². The van der Waals surface area contributed by atoms with Crippen molar-refractivity contribution < 1.29 is 13.2 Å². The van der Waals surface area contributed by atoms with Crippen molar-refractivity contribution >= 4 is 21.4 Å². The lowest BCUT2D eigenvalue weighted by Crippen LogP contribution is -2.49. The maximum atomic E-state index is 12.3. The lowest BCUT2D eigenvalue weighted by Gasteiger charge is -2.36. The Labute approximate surface area is 131 Å². The van der Waals surface area contributed by atoms with Crippen LogP contribution in [0.25, 0.3) is 0 Å². The second kappa shape index (κ2) is 6.24. The first kappa shape index (κ1) is 15.3. The van der Waals surface area contributed by atoms with Gasteiger partial charge >= 0.3 is 0 Å². The Balaban J connectivity index is 1.50. The Morgan fingerprint density at radius 1 is 1.18 bits per heavy atom. The average molecular weight is 323 g/mol. The van der Waals surface area contributed by atoms with Gasteiger partial charge in [0.1, 0.15) is 0 Å². The number of nitrogens with zero attached hydrogens (tertiary/aromatic N) is 3. The summed E-state index contributed by atoms with van der Waals surface area (Å²) in [6.07, 6.45) is 4.54. The minimum atomic E-state index is -2.90. The quantitative estimate of drug-likeness (QED) is 0.813. The molecule has 0 spiro atoms. The molecular weight excluding hydrogens is 302 g/mol. The van der Waals surface area contributed by atoms with Gasteiger partial charge < -0.3 is 9.80 Å². The summed E-state index contributed by atoms with van der Waals surface area (Å²) in [5.41, 5.74) is 1.13. The molecule has 22 heavy (non-hydrogen) atoms. The predicted molar refractivity (Wildman–Crippen MR) is 84.4 cm³/mol. The van der Waals surface area contributed by atoms with E-state index in [0.29, 0.717) is 25.9 Å². The molecule has 3 heterocycles. The topological polar surface area (TPSA) is 70.6 Å². The van der Waals surface area contributed by atoms with Crippen LogP contribution < -0.4 is 4.90 Å². The van der Waals surface area contributed by atoms with Gasteiger partial charge in [-0.05, 0) is 24.5 Å². The molecule has 6 nitrogen and oxygen atoms in total. The van der Waals surface area contributed by atoms with E-state index in [0.717, 1.165) is 18.8 Å². The summed E-state index contributed by atoms with van der Waals surface area (Å²) in [6, 6.07) is 3.95. The van der Waals surface area contributed by atoms with Crippen molar-refractivity contribution in [2.45, 2.75) is 12.8 Å².